The van der Waals surface area contributed by atoms with E-state index in [1.165, 1.54) is 17.7 Å². The smallest absolute Gasteiger partial charge is 0.338 e. The number of hydrogen-bond acceptors (Lipinski definition) is 7. The van der Waals surface area contributed by atoms with E-state index in [4.69, 9.17) is 0 Å². The molecule has 2 aromatic heterocycles. The van der Waals surface area contributed by atoms with Crippen molar-refractivity contribution >= 4 is 34.0 Å². The van der Waals surface area contributed by atoms with Crippen molar-refractivity contribution < 1.29 is 22.8 Å². The van der Waals surface area contributed by atoms with E-state index in [1.807, 2.05) is 36.2 Å². The van der Waals surface area contributed by atoms with Gasteiger partial charge in [-0.2, -0.15) is 28.6 Å². The van der Waals surface area contributed by atoms with Crippen molar-refractivity contribution in [1.82, 2.24) is 34.8 Å². The Morgan fingerprint density at radius 2 is 1.77 bits per heavy atom. The Morgan fingerprint density at radius 3 is 2.48 bits per heavy atom. The molecule has 3 aliphatic rings. The van der Waals surface area contributed by atoms with Gasteiger partial charge in [0.2, 0.25) is 11.8 Å². The maximum atomic E-state index is 14.0. The fraction of sp³-hybridized carbons (Fsp3) is 0.316. The average molecular weight is 706 g/mol. The Bertz CT molecular complexity index is 2280. The van der Waals surface area contributed by atoms with Gasteiger partial charge in [-0.1, -0.05) is 36.4 Å². The Kier molecular flexibility index (Phi) is 8.18. The van der Waals surface area contributed by atoms with E-state index in [-0.39, 0.29) is 18.4 Å². The van der Waals surface area contributed by atoms with Gasteiger partial charge < -0.3 is 9.80 Å². The Balaban J connectivity index is 0.910. The fourth-order valence-corrected chi connectivity index (χ4v) is 7.71. The molecular formula is C38H34F3N9O2. The second-order valence-electron chi connectivity index (χ2n) is 13.8. The number of likely N-dealkylation sites (tertiary alicyclic amines) is 1. The highest BCUT2D eigenvalue weighted by Gasteiger charge is 2.51. The monoisotopic (exact) mass is 705 g/mol. The highest BCUT2D eigenvalue weighted by molar-refractivity contribution is 6.03. The first-order valence-electron chi connectivity index (χ1n) is 17.1. The number of hydrogen-bond donors (Lipinski definition) is 1. The molecule has 3 aliphatic heterocycles. The first-order chi connectivity index (χ1) is 25.0. The summed E-state index contributed by atoms with van der Waals surface area (Å²) in [5.74, 6) is 0.732. The van der Waals surface area contributed by atoms with Crippen molar-refractivity contribution in [2.75, 3.05) is 44.2 Å². The summed E-state index contributed by atoms with van der Waals surface area (Å²) in [7, 11) is 1.84. The van der Waals surface area contributed by atoms with E-state index in [2.05, 4.69) is 43.4 Å². The number of aryl methyl sites for hydroxylation is 1. The largest absolute Gasteiger partial charge is 0.417 e. The molecule has 2 amide bonds. The van der Waals surface area contributed by atoms with Crippen LogP contribution in [0.15, 0.2) is 73.1 Å². The number of rotatable bonds is 6. The third-order valence-corrected chi connectivity index (χ3v) is 10.6. The molecule has 52 heavy (non-hydrogen) atoms. The minimum atomic E-state index is -4.65. The van der Waals surface area contributed by atoms with E-state index in [0.29, 0.717) is 79.2 Å². The van der Waals surface area contributed by atoms with Crippen LogP contribution in [0.3, 0.4) is 0 Å². The number of fused-ring (bicyclic) bond motifs is 1. The van der Waals surface area contributed by atoms with Gasteiger partial charge in [0.1, 0.15) is 12.0 Å². The zero-order valence-corrected chi connectivity index (χ0v) is 28.3. The number of nitrogens with one attached hydrogen (secondary N) is 1. The molecule has 1 atom stereocenters. The molecule has 1 N–H and O–H groups in total. The molecule has 1 spiro atoms. The number of carbonyl (C=O) groups excluding carboxylic acids is 2. The summed E-state index contributed by atoms with van der Waals surface area (Å²) < 4.78 is 41.9. The number of halogens is 3. The number of amides is 2. The number of alkyl halides is 3. The lowest BCUT2D eigenvalue weighted by Gasteiger charge is -2.29. The molecule has 2 saturated heterocycles. The number of benzene rings is 3. The van der Waals surface area contributed by atoms with Gasteiger partial charge in [-0.25, -0.2) is 4.98 Å². The average Bonchev–Trinajstić information content (AvgIpc) is 3.95. The molecule has 0 radical (unpaired) electrons. The van der Waals surface area contributed by atoms with Crippen LogP contribution in [0.2, 0.25) is 0 Å². The predicted octanol–water partition coefficient (Wildman–Crippen LogP) is 5.66. The second-order valence-corrected chi connectivity index (χ2v) is 13.8. The van der Waals surface area contributed by atoms with Crippen LogP contribution in [-0.4, -0.2) is 85.8 Å². The van der Waals surface area contributed by atoms with E-state index in [1.54, 1.807) is 28.0 Å². The van der Waals surface area contributed by atoms with Crippen molar-refractivity contribution in [1.29, 1.82) is 5.26 Å². The van der Waals surface area contributed by atoms with Crippen LogP contribution in [0.1, 0.15) is 36.0 Å². The zero-order chi connectivity index (χ0) is 36.2. The van der Waals surface area contributed by atoms with Crippen LogP contribution in [0.4, 0.5) is 18.9 Å². The Morgan fingerprint density at radius 1 is 1.00 bits per heavy atom. The van der Waals surface area contributed by atoms with Crippen LogP contribution >= 0.6 is 0 Å². The normalized spacial score (nSPS) is 19.5. The van der Waals surface area contributed by atoms with E-state index >= 15 is 0 Å². The topological polar surface area (TPSA) is 127 Å². The zero-order valence-electron chi connectivity index (χ0n) is 28.3. The molecule has 11 nitrogen and oxygen atoms in total. The number of nitrogens with zero attached hydrogens (tertiary/aromatic N) is 8. The quantitative estimate of drug-likeness (QED) is 0.242. The molecule has 8 rings (SSSR count). The molecule has 2 fully saturated rings. The maximum Gasteiger partial charge on any atom is 0.417 e. The maximum absolute atomic E-state index is 14.0. The predicted molar refractivity (Wildman–Crippen MR) is 187 cm³/mol. The summed E-state index contributed by atoms with van der Waals surface area (Å²) in [5.41, 5.74) is 3.27. The summed E-state index contributed by atoms with van der Waals surface area (Å²) in [6, 6.07) is 18.6. The van der Waals surface area contributed by atoms with E-state index in [0.717, 1.165) is 23.6 Å². The third-order valence-electron chi connectivity index (χ3n) is 10.6. The van der Waals surface area contributed by atoms with Gasteiger partial charge in [0.05, 0.1) is 34.7 Å². The summed E-state index contributed by atoms with van der Waals surface area (Å²) in [4.78, 5) is 37.4. The van der Waals surface area contributed by atoms with Crippen molar-refractivity contribution in [3.63, 3.8) is 0 Å². The Labute approximate surface area is 296 Å². The van der Waals surface area contributed by atoms with Gasteiger partial charge in [0.15, 0.2) is 5.82 Å². The molecule has 0 aliphatic carbocycles. The SMILES string of the molecule is Cn1cnc(-c2ccc(C3=CCN(C(=O)CN4CC[C@]5(CCN(c6ccc7[nH]nc(-c8ccc(C(F)(F)F)c(C#N)c8)c7c6)C5=O)C4)CC3)cc2)n1. The summed E-state index contributed by atoms with van der Waals surface area (Å²) in [6.07, 6.45) is 1.20. The summed E-state index contributed by atoms with van der Waals surface area (Å²) in [6.45, 7) is 3.08. The molecule has 3 aromatic carbocycles. The first-order valence-corrected chi connectivity index (χ1v) is 17.1. The standard InChI is InChI=1S/C38H34F3N9O2/c1-47-23-43-35(46-47)26-4-2-24(3-5-26)25-10-14-49(15-11-25)33(51)21-48-16-12-37(22-48)13-17-50(36(37)52)29-7-9-32-30(19-29)34(45-44-32)27-6-8-31(38(39,40)41)28(18-27)20-42/h2-10,18-19,23H,11-17,21-22H2,1H3,(H,44,45)/t37-/m0/s1. The second kappa shape index (κ2) is 12.8. The van der Waals surface area contributed by atoms with Gasteiger partial charge >= 0.3 is 6.18 Å². The molecule has 14 heteroatoms. The number of nitriles is 1. The van der Waals surface area contributed by atoms with E-state index in [9.17, 15) is 28.0 Å². The lowest BCUT2D eigenvalue weighted by atomic mass is 9.85. The van der Waals surface area contributed by atoms with Crippen molar-refractivity contribution in [2.24, 2.45) is 12.5 Å². The lowest BCUT2D eigenvalue weighted by Crippen LogP contribution is -2.43. The highest BCUT2D eigenvalue weighted by atomic mass is 19.4. The first kappa shape index (κ1) is 33.3. The van der Waals surface area contributed by atoms with Gasteiger partial charge in [0, 0.05) is 55.4 Å². The molecule has 5 heterocycles. The van der Waals surface area contributed by atoms with Gasteiger partial charge in [-0.15, -0.1) is 0 Å². The lowest BCUT2D eigenvalue weighted by molar-refractivity contribution is -0.137. The summed E-state index contributed by atoms with van der Waals surface area (Å²) >= 11 is 0. The minimum absolute atomic E-state index is 0.00327. The minimum Gasteiger partial charge on any atom is -0.338 e. The molecular weight excluding hydrogens is 671 g/mol. The van der Waals surface area contributed by atoms with Crippen molar-refractivity contribution in [3.8, 4) is 28.7 Å². The summed E-state index contributed by atoms with van der Waals surface area (Å²) in [5, 5.41) is 21.6. The molecule has 0 bridgehead atoms. The molecule has 264 valence electrons. The van der Waals surface area contributed by atoms with Gasteiger partial charge in [-0.3, -0.25) is 24.3 Å². The number of aromatic nitrogens is 5. The number of carbonyl (C=O) groups is 2. The molecule has 5 aromatic rings. The van der Waals surface area contributed by atoms with Crippen molar-refractivity contribution in [3.05, 3.63) is 89.8 Å². The highest BCUT2D eigenvalue weighted by Crippen LogP contribution is 2.43. The fourth-order valence-electron chi connectivity index (χ4n) is 7.71. The van der Waals surface area contributed by atoms with Crippen LogP contribution in [0, 0.1) is 16.7 Å². The van der Waals surface area contributed by atoms with Crippen LogP contribution in [0.25, 0.3) is 39.1 Å². The number of anilines is 1. The third kappa shape index (κ3) is 6.00. The van der Waals surface area contributed by atoms with Crippen LogP contribution < -0.4 is 4.90 Å². The van der Waals surface area contributed by atoms with E-state index < -0.39 is 22.7 Å². The van der Waals surface area contributed by atoms with Crippen molar-refractivity contribution in [2.45, 2.75) is 25.4 Å². The van der Waals surface area contributed by atoms with Gasteiger partial charge in [-0.05, 0) is 67.3 Å². The number of aromatic amines is 1. The Hall–Kier alpha value is -5.81. The number of H-pyrrole nitrogens is 1. The van der Waals surface area contributed by atoms with Crippen LogP contribution in [0.5, 0.6) is 0 Å². The molecule has 0 saturated carbocycles. The molecule has 0 unspecified atom stereocenters. The van der Waals surface area contributed by atoms with Gasteiger partial charge in [0.25, 0.3) is 0 Å². The van der Waals surface area contributed by atoms with Crippen LogP contribution in [-0.2, 0) is 22.8 Å².